The normalized spacial score (nSPS) is 19.0. The number of aryl methyl sites for hydroxylation is 1. The molecule has 0 spiro atoms. The maximum atomic E-state index is 9.62. The summed E-state index contributed by atoms with van der Waals surface area (Å²) in [6, 6.07) is 7.74. The van der Waals surface area contributed by atoms with Gasteiger partial charge in [0.2, 0.25) is 0 Å². The second-order valence-corrected chi connectivity index (χ2v) is 4.40. The third-order valence-corrected chi connectivity index (χ3v) is 3.34. The predicted octanol–water partition coefficient (Wildman–Crippen LogP) is 1.36. The van der Waals surface area contributed by atoms with E-state index in [0.29, 0.717) is 5.75 Å². The number of aromatic nitrogens is 2. The van der Waals surface area contributed by atoms with Gasteiger partial charge in [-0.15, -0.1) is 0 Å². The first-order chi connectivity index (χ1) is 8.25. The maximum Gasteiger partial charge on any atom is 0.115 e. The van der Waals surface area contributed by atoms with Gasteiger partial charge < -0.3 is 10.4 Å². The van der Waals surface area contributed by atoms with E-state index in [2.05, 4.69) is 10.4 Å². The second kappa shape index (κ2) is 3.89. The Morgan fingerprint density at radius 2 is 2.29 bits per heavy atom. The monoisotopic (exact) mass is 229 g/mol. The highest BCUT2D eigenvalue weighted by Gasteiger charge is 2.23. The lowest BCUT2D eigenvalue weighted by atomic mass is 9.92. The summed E-state index contributed by atoms with van der Waals surface area (Å²) in [6.45, 7) is 0.952. The Balaban J connectivity index is 2.10. The number of phenols is 1. The zero-order chi connectivity index (χ0) is 11.8. The third kappa shape index (κ3) is 1.70. The van der Waals surface area contributed by atoms with E-state index in [1.54, 1.807) is 12.3 Å². The maximum absolute atomic E-state index is 9.62. The largest absolute Gasteiger partial charge is 0.508 e. The van der Waals surface area contributed by atoms with Gasteiger partial charge in [-0.3, -0.25) is 4.68 Å². The number of phenolic OH excluding ortho intramolecular Hbond substituents is 1. The van der Waals surface area contributed by atoms with Crippen LogP contribution in [0.1, 0.15) is 22.9 Å². The summed E-state index contributed by atoms with van der Waals surface area (Å²) in [7, 11) is 1.94. The molecule has 0 fully saturated rings. The molecule has 1 aliphatic rings. The molecule has 1 aromatic heterocycles. The van der Waals surface area contributed by atoms with Crippen molar-refractivity contribution in [2.45, 2.75) is 12.5 Å². The highest BCUT2D eigenvalue weighted by Crippen LogP contribution is 2.30. The molecule has 3 rings (SSSR count). The Morgan fingerprint density at radius 1 is 1.41 bits per heavy atom. The molecule has 0 saturated carbocycles. The van der Waals surface area contributed by atoms with Crippen LogP contribution in [0.3, 0.4) is 0 Å². The minimum absolute atomic E-state index is 0.123. The van der Waals surface area contributed by atoms with Crippen molar-refractivity contribution in [2.75, 3.05) is 6.54 Å². The molecule has 4 nitrogen and oxygen atoms in total. The molecule has 2 N–H and O–H groups in total. The standard InChI is InChI=1S/C13H15N3O/c1-16-12(5-7-15-16)13-11-8-10(17)3-2-9(11)4-6-14-13/h2-3,5,7-8,13-14,17H,4,6H2,1H3. The molecule has 0 radical (unpaired) electrons. The molecule has 4 heteroatoms. The highest BCUT2D eigenvalue weighted by molar-refractivity contribution is 5.42. The summed E-state index contributed by atoms with van der Waals surface area (Å²) in [6.07, 6.45) is 2.80. The third-order valence-electron chi connectivity index (χ3n) is 3.34. The van der Waals surface area contributed by atoms with E-state index in [-0.39, 0.29) is 6.04 Å². The lowest BCUT2D eigenvalue weighted by Gasteiger charge is -2.27. The summed E-state index contributed by atoms with van der Waals surface area (Å²) in [5.74, 6) is 0.319. The van der Waals surface area contributed by atoms with Gasteiger partial charge in [0.1, 0.15) is 5.75 Å². The van der Waals surface area contributed by atoms with Gasteiger partial charge in [-0.05, 0) is 35.7 Å². The van der Waals surface area contributed by atoms with E-state index in [4.69, 9.17) is 0 Å². The zero-order valence-corrected chi connectivity index (χ0v) is 9.72. The van der Waals surface area contributed by atoms with Gasteiger partial charge in [-0.25, -0.2) is 0 Å². The van der Waals surface area contributed by atoms with E-state index >= 15 is 0 Å². The van der Waals surface area contributed by atoms with Crippen LogP contribution < -0.4 is 5.32 Å². The fourth-order valence-corrected chi connectivity index (χ4v) is 2.47. The van der Waals surface area contributed by atoms with E-state index in [1.807, 2.05) is 29.9 Å². The number of aromatic hydroxyl groups is 1. The summed E-state index contributed by atoms with van der Waals surface area (Å²) in [5, 5.41) is 17.3. The fourth-order valence-electron chi connectivity index (χ4n) is 2.47. The molecule has 0 amide bonds. The Labute approximate surface area is 99.9 Å². The van der Waals surface area contributed by atoms with Gasteiger partial charge in [0.05, 0.1) is 11.7 Å². The average Bonchev–Trinajstić information content (AvgIpc) is 2.74. The van der Waals surface area contributed by atoms with Gasteiger partial charge >= 0.3 is 0 Å². The van der Waals surface area contributed by atoms with Gasteiger partial charge in [0.15, 0.2) is 0 Å². The van der Waals surface area contributed by atoms with E-state index in [0.717, 1.165) is 24.2 Å². The lowest BCUT2D eigenvalue weighted by Crippen LogP contribution is -2.31. The summed E-state index contributed by atoms with van der Waals surface area (Å²) >= 11 is 0. The minimum atomic E-state index is 0.123. The summed E-state index contributed by atoms with van der Waals surface area (Å²) in [4.78, 5) is 0. The van der Waals surface area contributed by atoms with Crippen LogP contribution in [0.25, 0.3) is 0 Å². The van der Waals surface area contributed by atoms with Crippen molar-refractivity contribution in [2.24, 2.45) is 7.05 Å². The first-order valence-electron chi connectivity index (χ1n) is 5.79. The van der Waals surface area contributed by atoms with Crippen molar-refractivity contribution in [1.82, 2.24) is 15.1 Å². The molecular weight excluding hydrogens is 214 g/mol. The molecule has 1 aliphatic heterocycles. The number of hydrogen-bond donors (Lipinski definition) is 2. The van der Waals surface area contributed by atoms with Gasteiger partial charge in [-0.2, -0.15) is 5.10 Å². The number of fused-ring (bicyclic) bond motifs is 1. The summed E-state index contributed by atoms with van der Waals surface area (Å²) in [5.41, 5.74) is 3.57. The predicted molar refractivity (Wildman–Crippen MR) is 64.9 cm³/mol. The van der Waals surface area contributed by atoms with Crippen LogP contribution in [0.5, 0.6) is 5.75 Å². The van der Waals surface area contributed by atoms with Crippen LogP contribution in [0.15, 0.2) is 30.5 Å². The van der Waals surface area contributed by atoms with Crippen LogP contribution in [0, 0.1) is 0 Å². The Hall–Kier alpha value is -1.81. The van der Waals surface area contributed by atoms with Crippen molar-refractivity contribution in [3.63, 3.8) is 0 Å². The van der Waals surface area contributed by atoms with Crippen LogP contribution >= 0.6 is 0 Å². The van der Waals surface area contributed by atoms with Crippen LogP contribution in [0.2, 0.25) is 0 Å². The van der Waals surface area contributed by atoms with Gasteiger partial charge in [0.25, 0.3) is 0 Å². The molecule has 0 aliphatic carbocycles. The second-order valence-electron chi connectivity index (χ2n) is 4.40. The SMILES string of the molecule is Cn1nccc1C1NCCc2ccc(O)cc21. The average molecular weight is 229 g/mol. The lowest BCUT2D eigenvalue weighted by molar-refractivity contribution is 0.468. The molecule has 0 saturated heterocycles. The number of hydrogen-bond acceptors (Lipinski definition) is 3. The van der Waals surface area contributed by atoms with Crippen LogP contribution in [0.4, 0.5) is 0 Å². The highest BCUT2D eigenvalue weighted by atomic mass is 16.3. The Morgan fingerprint density at radius 3 is 3.06 bits per heavy atom. The smallest absolute Gasteiger partial charge is 0.115 e. The molecular formula is C13H15N3O. The summed E-state index contributed by atoms with van der Waals surface area (Å²) < 4.78 is 1.87. The van der Waals surface area contributed by atoms with Crippen LogP contribution in [-0.2, 0) is 13.5 Å². The van der Waals surface area contributed by atoms with Crippen molar-refractivity contribution in [3.8, 4) is 5.75 Å². The quantitative estimate of drug-likeness (QED) is 0.776. The van der Waals surface area contributed by atoms with Gasteiger partial charge in [-0.1, -0.05) is 6.07 Å². The molecule has 2 aromatic rings. The Bertz CT molecular complexity index is 547. The molecule has 88 valence electrons. The molecule has 1 unspecified atom stereocenters. The first-order valence-corrected chi connectivity index (χ1v) is 5.79. The van der Waals surface area contributed by atoms with E-state index in [9.17, 15) is 5.11 Å². The molecule has 1 aromatic carbocycles. The van der Waals surface area contributed by atoms with E-state index < -0.39 is 0 Å². The van der Waals surface area contributed by atoms with Crippen LogP contribution in [-0.4, -0.2) is 21.4 Å². The van der Waals surface area contributed by atoms with E-state index in [1.165, 1.54) is 5.56 Å². The van der Waals surface area contributed by atoms with Crippen molar-refractivity contribution in [3.05, 3.63) is 47.3 Å². The topological polar surface area (TPSA) is 50.1 Å². The Kier molecular flexibility index (Phi) is 2.37. The molecule has 0 bridgehead atoms. The van der Waals surface area contributed by atoms with Gasteiger partial charge in [0, 0.05) is 19.8 Å². The minimum Gasteiger partial charge on any atom is -0.508 e. The molecule has 1 atom stereocenters. The van der Waals surface area contributed by atoms with Crippen molar-refractivity contribution in [1.29, 1.82) is 0 Å². The fraction of sp³-hybridized carbons (Fsp3) is 0.308. The first kappa shape index (κ1) is 10.4. The van der Waals surface area contributed by atoms with Crippen molar-refractivity contribution < 1.29 is 5.11 Å². The number of nitrogens with zero attached hydrogens (tertiary/aromatic N) is 2. The van der Waals surface area contributed by atoms with Crippen molar-refractivity contribution >= 4 is 0 Å². The number of rotatable bonds is 1. The number of benzene rings is 1. The number of nitrogens with one attached hydrogen (secondary N) is 1. The molecule has 2 heterocycles. The zero-order valence-electron chi connectivity index (χ0n) is 9.72. The molecule has 17 heavy (non-hydrogen) atoms.